The first-order valence-electron chi connectivity index (χ1n) is 6.09. The standard InChI is InChI=1S/C13H14ClN3O3/c1-8(2)15-6-10-7-20-13(16-10)11-4-3-9(14)5-12(11)17(18)19/h3-5,7-8,15H,6H2,1-2H3. The van der Waals surface area contributed by atoms with Gasteiger partial charge in [0.15, 0.2) is 0 Å². The van der Waals surface area contributed by atoms with Crippen LogP contribution in [0.2, 0.25) is 5.02 Å². The zero-order valence-corrected chi connectivity index (χ0v) is 11.8. The van der Waals surface area contributed by atoms with Gasteiger partial charge in [0.05, 0.1) is 10.6 Å². The first-order chi connectivity index (χ1) is 9.47. The first-order valence-corrected chi connectivity index (χ1v) is 6.47. The molecule has 0 saturated carbocycles. The van der Waals surface area contributed by atoms with Crippen LogP contribution >= 0.6 is 11.6 Å². The summed E-state index contributed by atoms with van der Waals surface area (Å²) in [5.41, 5.74) is 0.885. The van der Waals surface area contributed by atoms with Gasteiger partial charge in [0.1, 0.15) is 11.8 Å². The van der Waals surface area contributed by atoms with Gasteiger partial charge in [-0.2, -0.15) is 0 Å². The molecular weight excluding hydrogens is 282 g/mol. The molecule has 1 aromatic heterocycles. The fourth-order valence-corrected chi connectivity index (χ4v) is 1.82. The molecule has 0 atom stereocenters. The summed E-state index contributed by atoms with van der Waals surface area (Å²) >= 11 is 5.77. The van der Waals surface area contributed by atoms with Gasteiger partial charge in [0.2, 0.25) is 5.89 Å². The Morgan fingerprint density at radius 1 is 1.50 bits per heavy atom. The normalized spacial score (nSPS) is 11.0. The van der Waals surface area contributed by atoms with Crippen LogP contribution in [0.5, 0.6) is 0 Å². The Morgan fingerprint density at radius 2 is 2.25 bits per heavy atom. The monoisotopic (exact) mass is 295 g/mol. The van der Waals surface area contributed by atoms with Crippen LogP contribution in [-0.2, 0) is 6.54 Å². The maximum Gasteiger partial charge on any atom is 0.283 e. The molecule has 20 heavy (non-hydrogen) atoms. The van der Waals surface area contributed by atoms with Crippen molar-refractivity contribution in [2.24, 2.45) is 0 Å². The van der Waals surface area contributed by atoms with Gasteiger partial charge in [-0.3, -0.25) is 10.1 Å². The summed E-state index contributed by atoms with van der Waals surface area (Å²) in [6, 6.07) is 4.71. The van der Waals surface area contributed by atoms with Crippen molar-refractivity contribution in [2.45, 2.75) is 26.4 Å². The Bertz CT molecular complexity index is 625. The van der Waals surface area contributed by atoms with Crippen molar-refractivity contribution in [3.8, 4) is 11.5 Å². The molecule has 0 unspecified atom stereocenters. The Balaban J connectivity index is 2.30. The molecule has 106 valence electrons. The molecule has 1 N–H and O–H groups in total. The van der Waals surface area contributed by atoms with E-state index in [4.69, 9.17) is 16.0 Å². The fourth-order valence-electron chi connectivity index (χ4n) is 1.66. The molecule has 0 saturated heterocycles. The minimum absolute atomic E-state index is 0.122. The quantitative estimate of drug-likeness (QED) is 0.675. The zero-order chi connectivity index (χ0) is 14.7. The summed E-state index contributed by atoms with van der Waals surface area (Å²) in [5.74, 6) is 0.217. The van der Waals surface area contributed by atoms with Crippen molar-refractivity contribution >= 4 is 17.3 Å². The number of hydrogen-bond donors (Lipinski definition) is 1. The van der Waals surface area contributed by atoms with E-state index < -0.39 is 4.92 Å². The Labute approximate surface area is 120 Å². The van der Waals surface area contributed by atoms with Crippen LogP contribution < -0.4 is 5.32 Å². The SMILES string of the molecule is CC(C)NCc1coc(-c2ccc(Cl)cc2[N+](=O)[O-])n1. The molecule has 2 rings (SSSR count). The highest BCUT2D eigenvalue weighted by Gasteiger charge is 2.20. The van der Waals surface area contributed by atoms with Crippen molar-refractivity contribution in [1.29, 1.82) is 0 Å². The first kappa shape index (κ1) is 14.5. The second kappa shape index (κ2) is 6.02. The highest BCUT2D eigenvalue weighted by atomic mass is 35.5. The Morgan fingerprint density at radius 3 is 2.90 bits per heavy atom. The summed E-state index contributed by atoms with van der Waals surface area (Å²) in [6.07, 6.45) is 1.49. The molecule has 7 heteroatoms. The van der Waals surface area contributed by atoms with Crippen molar-refractivity contribution < 1.29 is 9.34 Å². The molecule has 6 nitrogen and oxygen atoms in total. The molecule has 1 heterocycles. The van der Waals surface area contributed by atoms with Crippen LogP contribution in [0, 0.1) is 10.1 Å². The van der Waals surface area contributed by atoms with Crippen molar-refractivity contribution in [1.82, 2.24) is 10.3 Å². The van der Waals surface area contributed by atoms with Crippen LogP contribution in [-0.4, -0.2) is 15.9 Å². The summed E-state index contributed by atoms with van der Waals surface area (Å²) in [7, 11) is 0. The minimum atomic E-state index is -0.503. The molecule has 0 fully saturated rings. The molecule has 0 aliphatic carbocycles. The van der Waals surface area contributed by atoms with Gasteiger partial charge >= 0.3 is 0 Å². The van der Waals surface area contributed by atoms with Gasteiger partial charge in [0, 0.05) is 23.7 Å². The zero-order valence-electron chi connectivity index (χ0n) is 11.1. The van der Waals surface area contributed by atoms with E-state index in [2.05, 4.69) is 10.3 Å². The van der Waals surface area contributed by atoms with Crippen molar-refractivity contribution in [3.63, 3.8) is 0 Å². The van der Waals surface area contributed by atoms with Gasteiger partial charge in [-0.15, -0.1) is 0 Å². The molecule has 0 aliphatic heterocycles. The maximum atomic E-state index is 11.0. The number of oxazole rings is 1. The number of nitrogens with one attached hydrogen (secondary N) is 1. The highest BCUT2D eigenvalue weighted by Crippen LogP contribution is 2.31. The van der Waals surface area contributed by atoms with Gasteiger partial charge in [-0.05, 0) is 12.1 Å². The third-order valence-corrected chi connectivity index (χ3v) is 2.87. The number of halogens is 1. The summed E-state index contributed by atoms with van der Waals surface area (Å²) in [5, 5.41) is 14.5. The summed E-state index contributed by atoms with van der Waals surface area (Å²) < 4.78 is 5.32. The number of nitro benzene ring substituents is 1. The molecular formula is C13H14ClN3O3. The number of nitrogens with zero attached hydrogens (tertiary/aromatic N) is 2. The van der Waals surface area contributed by atoms with Crippen molar-refractivity contribution in [3.05, 3.63) is 45.3 Å². The lowest BCUT2D eigenvalue weighted by molar-refractivity contribution is -0.384. The van der Waals surface area contributed by atoms with Crippen LogP contribution in [0.3, 0.4) is 0 Å². The van der Waals surface area contributed by atoms with E-state index in [0.29, 0.717) is 28.9 Å². The van der Waals surface area contributed by atoms with Crippen LogP contribution in [0.4, 0.5) is 5.69 Å². The maximum absolute atomic E-state index is 11.0. The molecule has 0 amide bonds. The lowest BCUT2D eigenvalue weighted by atomic mass is 10.2. The second-order valence-corrected chi connectivity index (χ2v) is 5.03. The largest absolute Gasteiger partial charge is 0.444 e. The third kappa shape index (κ3) is 3.34. The van der Waals surface area contributed by atoms with E-state index in [9.17, 15) is 10.1 Å². The van der Waals surface area contributed by atoms with Gasteiger partial charge in [-0.25, -0.2) is 4.98 Å². The fraction of sp³-hybridized carbons (Fsp3) is 0.308. The Hall–Kier alpha value is -1.92. The predicted octanol–water partition coefficient (Wildman–Crippen LogP) is 3.40. The third-order valence-electron chi connectivity index (χ3n) is 2.63. The van der Waals surface area contributed by atoms with E-state index >= 15 is 0 Å². The minimum Gasteiger partial charge on any atom is -0.444 e. The molecule has 0 aliphatic rings. The highest BCUT2D eigenvalue weighted by molar-refractivity contribution is 6.30. The number of hydrogen-bond acceptors (Lipinski definition) is 5. The Kier molecular flexibility index (Phi) is 4.36. The number of rotatable bonds is 5. The smallest absolute Gasteiger partial charge is 0.283 e. The molecule has 0 radical (unpaired) electrons. The lowest BCUT2D eigenvalue weighted by Crippen LogP contribution is -2.21. The lowest BCUT2D eigenvalue weighted by Gasteiger charge is -2.04. The topological polar surface area (TPSA) is 81.2 Å². The van der Waals surface area contributed by atoms with Gasteiger partial charge < -0.3 is 9.73 Å². The van der Waals surface area contributed by atoms with Crippen LogP contribution in [0.15, 0.2) is 28.9 Å². The summed E-state index contributed by atoms with van der Waals surface area (Å²) in [4.78, 5) is 14.8. The van der Waals surface area contributed by atoms with E-state index in [-0.39, 0.29) is 11.6 Å². The average Bonchev–Trinajstić information content (AvgIpc) is 2.84. The van der Waals surface area contributed by atoms with Crippen molar-refractivity contribution in [2.75, 3.05) is 0 Å². The van der Waals surface area contributed by atoms with Crippen LogP contribution in [0.25, 0.3) is 11.5 Å². The molecule has 1 aromatic carbocycles. The van der Waals surface area contributed by atoms with E-state index in [0.717, 1.165) is 0 Å². The van der Waals surface area contributed by atoms with E-state index in [1.54, 1.807) is 6.07 Å². The van der Waals surface area contributed by atoms with E-state index in [1.807, 2.05) is 13.8 Å². The molecule has 0 bridgehead atoms. The average molecular weight is 296 g/mol. The molecule has 0 spiro atoms. The summed E-state index contributed by atoms with van der Waals surface area (Å²) in [6.45, 7) is 4.58. The van der Waals surface area contributed by atoms with Crippen LogP contribution in [0.1, 0.15) is 19.5 Å². The second-order valence-electron chi connectivity index (χ2n) is 4.60. The predicted molar refractivity (Wildman–Crippen MR) is 75.6 cm³/mol. The number of nitro groups is 1. The van der Waals surface area contributed by atoms with E-state index in [1.165, 1.54) is 18.4 Å². The molecule has 2 aromatic rings. The number of aromatic nitrogens is 1. The van der Waals surface area contributed by atoms with Gasteiger partial charge in [0.25, 0.3) is 5.69 Å². The van der Waals surface area contributed by atoms with Gasteiger partial charge in [-0.1, -0.05) is 25.4 Å². The number of benzene rings is 1.